The molecule has 0 radical (unpaired) electrons. The largest absolute Gasteiger partial charge is 0.372 e. The van der Waals surface area contributed by atoms with E-state index in [2.05, 4.69) is 43.1 Å². The molecule has 0 aliphatic carbocycles. The van der Waals surface area contributed by atoms with Crippen LogP contribution in [0, 0.1) is 0 Å². The number of nitrogens with zero attached hydrogens (tertiary/aromatic N) is 3. The second-order valence-corrected chi connectivity index (χ2v) is 5.07. The molecule has 2 aromatic rings. The number of nitrogens with one attached hydrogen (secondary N) is 1. The molecule has 0 aliphatic heterocycles. The van der Waals surface area contributed by atoms with Crippen LogP contribution >= 0.6 is 15.9 Å². The van der Waals surface area contributed by atoms with Crippen molar-refractivity contribution in [3.05, 3.63) is 46.1 Å². The minimum Gasteiger partial charge on any atom is -0.372 e. The molecule has 19 heavy (non-hydrogen) atoms. The number of anilines is 1. The summed E-state index contributed by atoms with van der Waals surface area (Å²) in [6, 6.07) is 3.98. The fourth-order valence-electron chi connectivity index (χ4n) is 1.88. The molecule has 0 unspecified atom stereocenters. The zero-order valence-corrected chi connectivity index (χ0v) is 12.7. The van der Waals surface area contributed by atoms with Crippen molar-refractivity contribution in [2.75, 3.05) is 12.4 Å². The second-order valence-electron chi connectivity index (χ2n) is 4.28. The fraction of sp³-hybridized carbons (Fsp3) is 0.357. The SMILES string of the molecule is CCCc1nc(Cc2ccncc2)nc(NC)c1Br. The molecule has 5 heteroatoms. The highest BCUT2D eigenvalue weighted by Gasteiger charge is 2.11. The van der Waals surface area contributed by atoms with Crippen LogP contribution in [0.5, 0.6) is 0 Å². The Balaban J connectivity index is 2.32. The van der Waals surface area contributed by atoms with Crippen LogP contribution in [0.15, 0.2) is 29.0 Å². The highest BCUT2D eigenvalue weighted by atomic mass is 79.9. The van der Waals surface area contributed by atoms with Gasteiger partial charge in [0.2, 0.25) is 0 Å². The van der Waals surface area contributed by atoms with Gasteiger partial charge in [0, 0.05) is 25.9 Å². The molecule has 0 atom stereocenters. The summed E-state index contributed by atoms with van der Waals surface area (Å²) in [5.41, 5.74) is 2.23. The summed E-state index contributed by atoms with van der Waals surface area (Å²) in [7, 11) is 1.87. The smallest absolute Gasteiger partial charge is 0.144 e. The Labute approximate surface area is 121 Å². The van der Waals surface area contributed by atoms with E-state index in [1.165, 1.54) is 5.56 Å². The minimum absolute atomic E-state index is 0.723. The molecule has 0 spiro atoms. The molecule has 100 valence electrons. The number of pyridine rings is 1. The third kappa shape index (κ3) is 3.50. The van der Waals surface area contributed by atoms with E-state index in [0.717, 1.165) is 41.1 Å². The Kier molecular flexibility index (Phi) is 4.85. The third-order valence-electron chi connectivity index (χ3n) is 2.80. The van der Waals surface area contributed by atoms with Crippen molar-refractivity contribution in [2.24, 2.45) is 0 Å². The number of hydrogen-bond acceptors (Lipinski definition) is 4. The molecule has 2 aromatic heterocycles. The van der Waals surface area contributed by atoms with Crippen LogP contribution in [0.25, 0.3) is 0 Å². The van der Waals surface area contributed by atoms with Crippen LogP contribution in [0.4, 0.5) is 5.82 Å². The van der Waals surface area contributed by atoms with E-state index < -0.39 is 0 Å². The first-order valence-electron chi connectivity index (χ1n) is 6.36. The highest BCUT2D eigenvalue weighted by Crippen LogP contribution is 2.24. The fourth-order valence-corrected chi connectivity index (χ4v) is 2.45. The maximum absolute atomic E-state index is 4.65. The van der Waals surface area contributed by atoms with Crippen LogP contribution in [-0.4, -0.2) is 22.0 Å². The number of aryl methyl sites for hydroxylation is 1. The Morgan fingerprint density at radius 2 is 1.95 bits per heavy atom. The van der Waals surface area contributed by atoms with Crippen molar-refractivity contribution in [1.29, 1.82) is 0 Å². The number of rotatable bonds is 5. The number of aromatic nitrogens is 3. The van der Waals surface area contributed by atoms with Crippen LogP contribution in [-0.2, 0) is 12.8 Å². The van der Waals surface area contributed by atoms with Gasteiger partial charge >= 0.3 is 0 Å². The first kappa shape index (κ1) is 13.9. The van der Waals surface area contributed by atoms with Crippen LogP contribution < -0.4 is 5.32 Å². The predicted octanol–water partition coefficient (Wildman–Crippen LogP) is 3.22. The lowest BCUT2D eigenvalue weighted by molar-refractivity contribution is 0.835. The van der Waals surface area contributed by atoms with Crippen molar-refractivity contribution in [1.82, 2.24) is 15.0 Å². The predicted molar refractivity (Wildman–Crippen MR) is 80.3 cm³/mol. The summed E-state index contributed by atoms with van der Waals surface area (Å²) in [6.45, 7) is 2.15. The average molecular weight is 321 g/mol. The molecule has 0 aliphatic rings. The molecular weight excluding hydrogens is 304 g/mol. The lowest BCUT2D eigenvalue weighted by atomic mass is 10.2. The summed E-state index contributed by atoms with van der Waals surface area (Å²) in [5, 5.41) is 3.11. The molecule has 2 heterocycles. The van der Waals surface area contributed by atoms with E-state index in [9.17, 15) is 0 Å². The summed E-state index contributed by atoms with van der Waals surface area (Å²) in [6.07, 6.45) is 6.32. The Morgan fingerprint density at radius 3 is 2.58 bits per heavy atom. The minimum atomic E-state index is 0.723. The molecule has 2 rings (SSSR count). The van der Waals surface area contributed by atoms with E-state index in [1.807, 2.05) is 19.2 Å². The van der Waals surface area contributed by atoms with E-state index in [0.29, 0.717) is 0 Å². The average Bonchev–Trinajstić information content (AvgIpc) is 2.43. The van der Waals surface area contributed by atoms with Crippen molar-refractivity contribution in [2.45, 2.75) is 26.2 Å². The molecule has 0 fully saturated rings. The molecule has 1 N–H and O–H groups in total. The first-order chi connectivity index (χ1) is 9.24. The highest BCUT2D eigenvalue weighted by molar-refractivity contribution is 9.10. The second kappa shape index (κ2) is 6.61. The molecule has 0 bridgehead atoms. The van der Waals surface area contributed by atoms with Crippen molar-refractivity contribution in [3.63, 3.8) is 0 Å². The van der Waals surface area contributed by atoms with Gasteiger partial charge in [-0.2, -0.15) is 0 Å². The molecule has 0 aromatic carbocycles. The molecule has 0 saturated carbocycles. The zero-order valence-electron chi connectivity index (χ0n) is 11.2. The van der Waals surface area contributed by atoms with Gasteiger partial charge in [-0.15, -0.1) is 0 Å². The van der Waals surface area contributed by atoms with Crippen molar-refractivity contribution in [3.8, 4) is 0 Å². The molecule has 4 nitrogen and oxygen atoms in total. The van der Waals surface area contributed by atoms with Gasteiger partial charge in [-0.25, -0.2) is 9.97 Å². The van der Waals surface area contributed by atoms with E-state index in [4.69, 9.17) is 0 Å². The lowest BCUT2D eigenvalue weighted by Crippen LogP contribution is -2.06. The molecule has 0 amide bonds. The van der Waals surface area contributed by atoms with Crippen molar-refractivity contribution >= 4 is 21.7 Å². The number of hydrogen-bond donors (Lipinski definition) is 1. The summed E-state index contributed by atoms with van der Waals surface area (Å²) < 4.78 is 0.968. The van der Waals surface area contributed by atoms with E-state index >= 15 is 0 Å². The summed E-state index contributed by atoms with van der Waals surface area (Å²) in [4.78, 5) is 13.2. The maximum atomic E-state index is 4.65. The third-order valence-corrected chi connectivity index (χ3v) is 3.63. The summed E-state index contributed by atoms with van der Waals surface area (Å²) >= 11 is 3.56. The molecule has 0 saturated heterocycles. The van der Waals surface area contributed by atoms with Gasteiger partial charge in [0.15, 0.2) is 0 Å². The molecular formula is C14H17BrN4. The van der Waals surface area contributed by atoms with Gasteiger partial charge in [-0.1, -0.05) is 13.3 Å². The van der Waals surface area contributed by atoms with Gasteiger partial charge in [-0.05, 0) is 40.0 Å². The van der Waals surface area contributed by atoms with Gasteiger partial charge < -0.3 is 5.32 Å². The lowest BCUT2D eigenvalue weighted by Gasteiger charge is -2.10. The van der Waals surface area contributed by atoms with Crippen LogP contribution in [0.1, 0.15) is 30.4 Å². The van der Waals surface area contributed by atoms with Crippen LogP contribution in [0.2, 0.25) is 0 Å². The van der Waals surface area contributed by atoms with Crippen LogP contribution in [0.3, 0.4) is 0 Å². The Morgan fingerprint density at radius 1 is 1.21 bits per heavy atom. The monoisotopic (exact) mass is 320 g/mol. The normalized spacial score (nSPS) is 10.5. The standard InChI is InChI=1S/C14H17BrN4/c1-3-4-11-13(15)14(16-2)19-12(18-11)9-10-5-7-17-8-6-10/h5-8H,3-4,9H2,1-2H3,(H,16,18,19). The van der Waals surface area contributed by atoms with E-state index in [1.54, 1.807) is 12.4 Å². The topological polar surface area (TPSA) is 50.7 Å². The van der Waals surface area contributed by atoms with Gasteiger partial charge in [0.05, 0.1) is 10.2 Å². The quantitative estimate of drug-likeness (QED) is 0.919. The van der Waals surface area contributed by atoms with Gasteiger partial charge in [0.1, 0.15) is 11.6 Å². The van der Waals surface area contributed by atoms with E-state index in [-0.39, 0.29) is 0 Å². The summed E-state index contributed by atoms with van der Waals surface area (Å²) in [5.74, 6) is 1.68. The maximum Gasteiger partial charge on any atom is 0.144 e. The van der Waals surface area contributed by atoms with Gasteiger partial charge in [0.25, 0.3) is 0 Å². The Hall–Kier alpha value is -1.49. The number of halogens is 1. The Bertz CT molecular complexity index is 543. The van der Waals surface area contributed by atoms with Gasteiger partial charge in [-0.3, -0.25) is 4.98 Å². The first-order valence-corrected chi connectivity index (χ1v) is 7.15. The van der Waals surface area contributed by atoms with Crippen molar-refractivity contribution < 1.29 is 0 Å². The zero-order chi connectivity index (χ0) is 13.7.